The van der Waals surface area contributed by atoms with Crippen molar-refractivity contribution in [3.8, 4) is 0 Å². The van der Waals surface area contributed by atoms with Crippen molar-refractivity contribution in [3.05, 3.63) is 29.8 Å². The van der Waals surface area contributed by atoms with E-state index in [-0.39, 0.29) is 23.9 Å². The van der Waals surface area contributed by atoms with Crippen molar-refractivity contribution in [1.82, 2.24) is 9.21 Å². The van der Waals surface area contributed by atoms with Gasteiger partial charge in [0.05, 0.1) is 4.90 Å². The normalized spacial score (nSPS) is 16.6. The SMILES string of the molecule is CCCCC(=O)N1CCN(S(=O)(=O)c2ccc(F)c(F)c2)CC1. The largest absolute Gasteiger partial charge is 0.340 e. The molecule has 1 fully saturated rings. The molecule has 0 saturated carbocycles. The van der Waals surface area contributed by atoms with Gasteiger partial charge in [0.15, 0.2) is 11.6 Å². The molecule has 1 aromatic rings. The van der Waals surface area contributed by atoms with Crippen LogP contribution in [0.3, 0.4) is 0 Å². The van der Waals surface area contributed by atoms with Crippen LogP contribution in [0.1, 0.15) is 26.2 Å². The molecule has 1 heterocycles. The van der Waals surface area contributed by atoms with Gasteiger partial charge in [0, 0.05) is 32.6 Å². The fourth-order valence-electron chi connectivity index (χ4n) is 2.45. The number of hydrogen-bond acceptors (Lipinski definition) is 3. The average molecular weight is 346 g/mol. The zero-order chi connectivity index (χ0) is 17.0. The summed E-state index contributed by atoms with van der Waals surface area (Å²) in [6.07, 6.45) is 2.20. The monoisotopic (exact) mass is 346 g/mol. The number of carbonyl (C=O) groups is 1. The van der Waals surface area contributed by atoms with Crippen LogP contribution >= 0.6 is 0 Å². The number of piperazine rings is 1. The van der Waals surface area contributed by atoms with Gasteiger partial charge in [-0.1, -0.05) is 13.3 Å². The van der Waals surface area contributed by atoms with E-state index in [2.05, 4.69) is 0 Å². The molecule has 0 spiro atoms. The van der Waals surface area contributed by atoms with Gasteiger partial charge in [0.1, 0.15) is 0 Å². The lowest BCUT2D eigenvalue weighted by atomic mass is 10.2. The first-order valence-electron chi connectivity index (χ1n) is 7.59. The van der Waals surface area contributed by atoms with E-state index in [0.29, 0.717) is 25.6 Å². The minimum Gasteiger partial charge on any atom is -0.340 e. The Kier molecular flexibility index (Phi) is 5.69. The molecule has 0 radical (unpaired) electrons. The lowest BCUT2D eigenvalue weighted by Crippen LogP contribution is -2.50. The van der Waals surface area contributed by atoms with Gasteiger partial charge in [-0.3, -0.25) is 4.79 Å². The standard InChI is InChI=1S/C15H20F2N2O3S/c1-2-3-4-15(20)18-7-9-19(10-8-18)23(21,22)12-5-6-13(16)14(17)11-12/h5-6,11H,2-4,7-10H2,1H3. The number of halogens is 2. The van der Waals surface area contributed by atoms with E-state index in [1.165, 1.54) is 4.31 Å². The van der Waals surface area contributed by atoms with E-state index >= 15 is 0 Å². The summed E-state index contributed by atoms with van der Waals surface area (Å²) in [4.78, 5) is 13.3. The second-order valence-electron chi connectivity index (χ2n) is 5.46. The molecule has 0 aromatic heterocycles. The molecule has 1 aromatic carbocycles. The van der Waals surface area contributed by atoms with Crippen molar-refractivity contribution in [2.45, 2.75) is 31.1 Å². The lowest BCUT2D eigenvalue weighted by Gasteiger charge is -2.34. The number of rotatable bonds is 5. The smallest absolute Gasteiger partial charge is 0.243 e. The van der Waals surface area contributed by atoms with Crippen LogP contribution in [0.4, 0.5) is 8.78 Å². The van der Waals surface area contributed by atoms with E-state index in [4.69, 9.17) is 0 Å². The number of sulfonamides is 1. The predicted octanol–water partition coefficient (Wildman–Crippen LogP) is 1.99. The Morgan fingerprint density at radius 1 is 1.13 bits per heavy atom. The Hall–Kier alpha value is -1.54. The fourth-order valence-corrected chi connectivity index (χ4v) is 3.88. The Bertz CT molecular complexity index is 671. The number of hydrogen-bond donors (Lipinski definition) is 0. The Morgan fingerprint density at radius 3 is 2.35 bits per heavy atom. The van der Waals surface area contributed by atoms with E-state index in [1.54, 1.807) is 4.90 Å². The first-order valence-corrected chi connectivity index (χ1v) is 9.03. The summed E-state index contributed by atoms with van der Waals surface area (Å²) < 4.78 is 52.3. The molecule has 8 heteroatoms. The number of unbranched alkanes of at least 4 members (excludes halogenated alkanes) is 1. The maximum absolute atomic E-state index is 13.3. The molecular formula is C15H20F2N2O3S. The molecule has 0 aliphatic carbocycles. The predicted molar refractivity (Wildman–Crippen MR) is 81.2 cm³/mol. The van der Waals surface area contributed by atoms with Gasteiger partial charge in [-0.25, -0.2) is 17.2 Å². The van der Waals surface area contributed by atoms with Gasteiger partial charge in [-0.15, -0.1) is 0 Å². The highest BCUT2D eigenvalue weighted by Crippen LogP contribution is 2.20. The quantitative estimate of drug-likeness (QED) is 0.819. The Morgan fingerprint density at radius 2 is 1.78 bits per heavy atom. The van der Waals surface area contributed by atoms with Crippen LogP contribution in [0, 0.1) is 11.6 Å². The van der Waals surface area contributed by atoms with Crippen LogP contribution in [-0.2, 0) is 14.8 Å². The summed E-state index contributed by atoms with van der Waals surface area (Å²) in [6.45, 7) is 2.93. The molecule has 0 unspecified atom stereocenters. The first kappa shape index (κ1) is 17.8. The van der Waals surface area contributed by atoms with Gasteiger partial charge < -0.3 is 4.90 Å². The van der Waals surface area contributed by atoms with E-state index in [1.807, 2.05) is 6.92 Å². The lowest BCUT2D eigenvalue weighted by molar-refractivity contribution is -0.132. The zero-order valence-electron chi connectivity index (χ0n) is 13.0. The summed E-state index contributed by atoms with van der Waals surface area (Å²) in [5, 5.41) is 0. The summed E-state index contributed by atoms with van der Waals surface area (Å²) in [7, 11) is -3.88. The average Bonchev–Trinajstić information content (AvgIpc) is 2.55. The topological polar surface area (TPSA) is 57.7 Å². The summed E-state index contributed by atoms with van der Waals surface area (Å²) >= 11 is 0. The van der Waals surface area contributed by atoms with Crippen molar-refractivity contribution in [1.29, 1.82) is 0 Å². The molecule has 0 atom stereocenters. The summed E-state index contributed by atoms with van der Waals surface area (Å²) in [5.41, 5.74) is 0. The molecule has 1 amide bonds. The van der Waals surface area contributed by atoms with E-state index in [0.717, 1.165) is 25.0 Å². The van der Waals surface area contributed by atoms with Crippen molar-refractivity contribution < 1.29 is 22.0 Å². The molecule has 1 aliphatic heterocycles. The Labute approximate surface area is 134 Å². The highest BCUT2D eigenvalue weighted by molar-refractivity contribution is 7.89. The number of benzene rings is 1. The number of nitrogens with zero attached hydrogens (tertiary/aromatic N) is 2. The van der Waals surface area contributed by atoms with Crippen molar-refractivity contribution in [2.24, 2.45) is 0 Å². The second-order valence-corrected chi connectivity index (χ2v) is 7.40. The molecular weight excluding hydrogens is 326 g/mol. The van der Waals surface area contributed by atoms with Crippen molar-refractivity contribution in [2.75, 3.05) is 26.2 Å². The molecule has 23 heavy (non-hydrogen) atoms. The van der Waals surface area contributed by atoms with Gasteiger partial charge in [0.2, 0.25) is 15.9 Å². The third-order valence-corrected chi connectivity index (χ3v) is 5.76. The minimum absolute atomic E-state index is 0.0247. The Balaban J connectivity index is 2.03. The number of amides is 1. The van der Waals surface area contributed by atoms with E-state index in [9.17, 15) is 22.0 Å². The first-order chi connectivity index (χ1) is 10.9. The van der Waals surface area contributed by atoms with Crippen LogP contribution in [0.2, 0.25) is 0 Å². The third kappa shape index (κ3) is 4.06. The third-order valence-electron chi connectivity index (χ3n) is 3.86. The van der Waals surface area contributed by atoms with Crippen LogP contribution in [-0.4, -0.2) is 49.7 Å². The molecule has 1 aliphatic rings. The van der Waals surface area contributed by atoms with E-state index < -0.39 is 21.7 Å². The second kappa shape index (κ2) is 7.35. The molecule has 128 valence electrons. The summed E-state index contributed by atoms with van der Waals surface area (Å²) in [6, 6.07) is 2.53. The van der Waals surface area contributed by atoms with Crippen molar-refractivity contribution in [3.63, 3.8) is 0 Å². The maximum atomic E-state index is 13.3. The highest BCUT2D eigenvalue weighted by atomic mass is 32.2. The van der Waals surface area contributed by atoms with Crippen LogP contribution in [0.25, 0.3) is 0 Å². The van der Waals surface area contributed by atoms with Crippen LogP contribution in [0.5, 0.6) is 0 Å². The fraction of sp³-hybridized carbons (Fsp3) is 0.533. The molecule has 2 rings (SSSR count). The van der Waals surface area contributed by atoms with Crippen LogP contribution < -0.4 is 0 Å². The highest BCUT2D eigenvalue weighted by Gasteiger charge is 2.30. The molecule has 0 bridgehead atoms. The maximum Gasteiger partial charge on any atom is 0.243 e. The van der Waals surface area contributed by atoms with Gasteiger partial charge in [-0.05, 0) is 24.6 Å². The molecule has 0 N–H and O–H groups in total. The van der Waals surface area contributed by atoms with Crippen LogP contribution in [0.15, 0.2) is 23.1 Å². The van der Waals surface area contributed by atoms with Gasteiger partial charge in [0.25, 0.3) is 0 Å². The molecule has 5 nitrogen and oxygen atoms in total. The number of carbonyl (C=O) groups excluding carboxylic acids is 1. The van der Waals surface area contributed by atoms with Crippen molar-refractivity contribution >= 4 is 15.9 Å². The minimum atomic E-state index is -3.88. The summed E-state index contributed by atoms with van der Waals surface area (Å²) in [5.74, 6) is -2.26. The zero-order valence-corrected chi connectivity index (χ0v) is 13.8. The van der Waals surface area contributed by atoms with Gasteiger partial charge in [-0.2, -0.15) is 4.31 Å². The van der Waals surface area contributed by atoms with Gasteiger partial charge >= 0.3 is 0 Å². The molecule has 1 saturated heterocycles.